The molecule has 1 fully saturated rings. The van der Waals surface area contributed by atoms with Crippen molar-refractivity contribution in [1.82, 2.24) is 21.0 Å². The van der Waals surface area contributed by atoms with Crippen LogP contribution in [0.3, 0.4) is 0 Å². The average Bonchev–Trinajstić information content (AvgIpc) is 3.89. The molecule has 0 unspecified atom stereocenters. The second kappa shape index (κ2) is 22.0. The van der Waals surface area contributed by atoms with E-state index in [9.17, 15) is 4.79 Å². The number of halogens is 2. The number of benzene rings is 5. The highest BCUT2D eigenvalue weighted by molar-refractivity contribution is 9.10. The molecule has 9 rings (SSSR count). The minimum atomic E-state index is -2.84. The molecular weight excluding hydrogens is 1020 g/mol. The van der Waals surface area contributed by atoms with Crippen LogP contribution in [0.1, 0.15) is 85.7 Å². The highest BCUT2D eigenvalue weighted by Crippen LogP contribution is 2.48. The molecule has 5 atom stereocenters. The van der Waals surface area contributed by atoms with E-state index in [0.29, 0.717) is 60.8 Å². The number of ether oxygens (including phenoxy) is 5. The van der Waals surface area contributed by atoms with Crippen molar-refractivity contribution < 1.29 is 42.5 Å². The second-order valence-corrected chi connectivity index (χ2v) is 25.5. The minimum absolute atomic E-state index is 0.0370. The molecule has 5 aromatic carbocycles. The third kappa shape index (κ3) is 11.3. The lowest BCUT2D eigenvalue weighted by atomic mass is 9.89. The van der Waals surface area contributed by atoms with Gasteiger partial charge in [0.25, 0.3) is 0 Å². The Morgan fingerprint density at radius 2 is 1.53 bits per heavy atom. The van der Waals surface area contributed by atoms with Crippen LogP contribution in [-0.2, 0) is 30.2 Å². The van der Waals surface area contributed by atoms with E-state index in [-0.39, 0.29) is 34.8 Å². The number of hydrogen-bond acceptors (Lipinski definition) is 12. The zero-order valence-corrected chi connectivity index (χ0v) is 45.0. The molecule has 72 heavy (non-hydrogen) atoms. The molecule has 0 aliphatic carbocycles. The number of carbonyl (C=O) groups is 3. The highest BCUT2D eigenvalue weighted by atomic mass is 79.9. The van der Waals surface area contributed by atoms with E-state index in [1.807, 2.05) is 41.4 Å². The third-order valence-corrected chi connectivity index (χ3v) is 19.0. The van der Waals surface area contributed by atoms with Crippen LogP contribution in [0, 0.1) is 0 Å². The molecule has 5 aromatic rings. The number of nitrogens with two attached hydrogens (primary N) is 1. The van der Waals surface area contributed by atoms with Gasteiger partial charge in [0.05, 0.1) is 51.7 Å². The lowest BCUT2D eigenvalue weighted by Gasteiger charge is -2.42. The molecule has 1 saturated heterocycles. The molecule has 0 radical (unpaired) electrons. The van der Waals surface area contributed by atoms with Crippen LogP contribution >= 0.6 is 27.5 Å². The molecule has 4 aliphatic heterocycles. The van der Waals surface area contributed by atoms with Crippen LogP contribution < -0.4 is 40.6 Å². The average molecular weight is 1080 g/mol. The fraction of sp³-hybridized carbons (Fsp3) is 0.377. The predicted molar refractivity (Wildman–Crippen MR) is 280 cm³/mol. The standard InChI is InChI=1S/C53H61BrClN7O9Si/c1-53(2,3)72(7,8)71-49-32-17-19-41(38(55)24-32)70-43-25-33(23-37(54)47(43)60-61-62-20-12-13-21-62)45(56)50(63)58-46-31-16-18-40(67-5)36(22-31)44-35(26-34(66-4)27-42(44)68-6)39(57-52(65)48(49)59-51(46)64)29-69-28-30-14-10-9-11-15-30/h9-11,14-19,22-27,39,45-46,48-49H,12-13,20-21,28-29,56H2,1-8H3,(H,57,65)(H,58,63)(H,59,64)/t39-,45-,46+,48+,49-/m1/s1. The fourth-order valence-corrected chi connectivity index (χ4v) is 10.7. The maximum absolute atomic E-state index is 15.7. The van der Waals surface area contributed by atoms with Crippen molar-refractivity contribution in [3.8, 4) is 39.9 Å². The molecule has 19 heteroatoms. The predicted octanol–water partition coefficient (Wildman–Crippen LogP) is 10.5. The number of carbonyl (C=O) groups excluding carboxylic acids is 3. The number of nitrogens with zero attached hydrogens (tertiary/aromatic N) is 3. The molecule has 8 bridgehead atoms. The Balaban J connectivity index is 1.38. The van der Waals surface area contributed by atoms with Crippen LogP contribution in [0.25, 0.3) is 11.1 Å². The number of fused-ring (bicyclic) bond motifs is 8. The molecular formula is C53H61BrClN7O9Si. The van der Waals surface area contributed by atoms with Gasteiger partial charge >= 0.3 is 0 Å². The zero-order chi connectivity index (χ0) is 51.5. The van der Waals surface area contributed by atoms with Crippen LogP contribution in [0.4, 0.5) is 5.69 Å². The summed E-state index contributed by atoms with van der Waals surface area (Å²) in [6, 6.07) is 21.6. The lowest BCUT2D eigenvalue weighted by molar-refractivity contribution is -0.135. The maximum Gasteiger partial charge on any atom is 0.247 e. The SMILES string of the molecule is COc1cc(OC)c2c(c1)[C@@H](COCc1ccccc1)NC(=O)[C@H]1NC(=O)[C@@H](NC(=O)[C@H](N)c3cc(Br)c(N=NN4CCCC4)c(c3)Oc3ccc(cc3Cl)[C@H]1O[Si](C)(C)C(C)(C)C)c1ccc(OC)c-2c1. The number of methoxy groups -OCH3 is 3. The van der Waals surface area contributed by atoms with E-state index in [1.165, 1.54) is 14.2 Å². The topological polar surface area (TPSA) is 197 Å². The van der Waals surface area contributed by atoms with Gasteiger partial charge in [0.1, 0.15) is 46.8 Å². The number of nitrogens with one attached hydrogen (secondary N) is 3. The summed E-state index contributed by atoms with van der Waals surface area (Å²) in [6.07, 6.45) is 0.831. The van der Waals surface area contributed by atoms with Gasteiger partial charge in [-0.05, 0) is 117 Å². The normalized spacial score (nSPS) is 20.5. The molecule has 0 saturated carbocycles. The molecule has 4 heterocycles. The van der Waals surface area contributed by atoms with Crippen molar-refractivity contribution in [3.63, 3.8) is 0 Å². The highest BCUT2D eigenvalue weighted by Gasteiger charge is 2.45. The first-order valence-corrected chi connectivity index (χ1v) is 27.8. The Kier molecular flexibility index (Phi) is 16.0. The zero-order valence-electron chi connectivity index (χ0n) is 41.6. The van der Waals surface area contributed by atoms with E-state index in [0.717, 1.165) is 31.5 Å². The molecule has 5 N–H and O–H groups in total. The van der Waals surface area contributed by atoms with Gasteiger partial charge in [0.15, 0.2) is 14.1 Å². The van der Waals surface area contributed by atoms with Crippen molar-refractivity contribution in [1.29, 1.82) is 0 Å². The van der Waals surface area contributed by atoms with Crippen LogP contribution in [0.5, 0.6) is 28.7 Å². The monoisotopic (exact) mass is 1080 g/mol. The van der Waals surface area contributed by atoms with E-state index >= 15 is 9.59 Å². The maximum atomic E-state index is 15.7. The summed E-state index contributed by atoms with van der Waals surface area (Å²) in [5, 5.41) is 20.0. The smallest absolute Gasteiger partial charge is 0.247 e. The van der Waals surface area contributed by atoms with Gasteiger partial charge in [0.2, 0.25) is 17.7 Å². The van der Waals surface area contributed by atoms with Crippen LogP contribution in [-0.4, -0.2) is 78.1 Å². The summed E-state index contributed by atoms with van der Waals surface area (Å²) in [6.45, 7) is 12.1. The summed E-state index contributed by atoms with van der Waals surface area (Å²) in [7, 11) is 1.76. The Hall–Kier alpha value is -6.02. The molecule has 3 amide bonds. The number of rotatable bonds is 11. The fourth-order valence-electron chi connectivity index (χ4n) is 8.66. The number of amides is 3. The summed E-state index contributed by atoms with van der Waals surface area (Å²) < 4.78 is 38.6. The second-order valence-electron chi connectivity index (χ2n) is 19.5. The Labute approximate surface area is 434 Å². The molecule has 4 aliphatic rings. The largest absolute Gasteiger partial charge is 0.497 e. The first-order valence-electron chi connectivity index (χ1n) is 23.8. The summed E-state index contributed by atoms with van der Waals surface area (Å²) in [5.74, 6) is -0.411. The van der Waals surface area contributed by atoms with Gasteiger partial charge in [0, 0.05) is 34.8 Å². The summed E-state index contributed by atoms with van der Waals surface area (Å²) in [4.78, 5) is 45.9. The lowest BCUT2D eigenvalue weighted by Crippen LogP contribution is -2.56. The van der Waals surface area contributed by atoms with Crippen molar-refractivity contribution in [2.45, 2.75) is 88.6 Å². The van der Waals surface area contributed by atoms with Gasteiger partial charge < -0.3 is 49.8 Å². The van der Waals surface area contributed by atoms with E-state index in [2.05, 4.69) is 76.1 Å². The van der Waals surface area contributed by atoms with Gasteiger partial charge in [-0.25, -0.2) is 0 Å². The van der Waals surface area contributed by atoms with E-state index in [1.54, 1.807) is 61.7 Å². The van der Waals surface area contributed by atoms with Crippen molar-refractivity contribution in [2.75, 3.05) is 41.0 Å². The third-order valence-electron chi connectivity index (χ3n) is 13.7. The molecule has 16 nitrogen and oxygen atoms in total. The summed E-state index contributed by atoms with van der Waals surface area (Å²) in [5.41, 5.74) is 10.8. The van der Waals surface area contributed by atoms with E-state index < -0.39 is 56.3 Å². The van der Waals surface area contributed by atoms with Crippen LogP contribution in [0.2, 0.25) is 23.2 Å². The first-order chi connectivity index (χ1) is 34.4. The Bertz CT molecular complexity index is 2860. The van der Waals surface area contributed by atoms with Gasteiger partial charge in [-0.15, -0.1) is 5.11 Å². The quantitative estimate of drug-likeness (QED) is 0.0726. The van der Waals surface area contributed by atoms with Crippen molar-refractivity contribution >= 4 is 59.3 Å². The Morgan fingerprint density at radius 1 is 0.806 bits per heavy atom. The minimum Gasteiger partial charge on any atom is -0.497 e. The van der Waals surface area contributed by atoms with Crippen molar-refractivity contribution in [2.24, 2.45) is 16.1 Å². The van der Waals surface area contributed by atoms with E-state index in [4.69, 9.17) is 45.4 Å². The van der Waals surface area contributed by atoms with Crippen molar-refractivity contribution in [3.05, 3.63) is 128 Å². The Morgan fingerprint density at radius 3 is 2.21 bits per heavy atom. The van der Waals surface area contributed by atoms with Gasteiger partial charge in [-0.2, -0.15) is 0 Å². The first kappa shape index (κ1) is 52.3. The molecule has 380 valence electrons. The molecule has 0 aromatic heterocycles. The van der Waals surface area contributed by atoms with Crippen LogP contribution in [0.15, 0.2) is 106 Å². The summed E-state index contributed by atoms with van der Waals surface area (Å²) >= 11 is 10.9. The number of hydrogen-bond donors (Lipinski definition) is 4. The van der Waals surface area contributed by atoms with Gasteiger partial charge in [-0.1, -0.05) is 80.1 Å². The van der Waals surface area contributed by atoms with Gasteiger partial charge in [-0.3, -0.25) is 19.4 Å². The molecule has 0 spiro atoms.